The van der Waals surface area contributed by atoms with Crippen molar-refractivity contribution in [1.29, 1.82) is 0 Å². The van der Waals surface area contributed by atoms with Crippen LogP contribution < -0.4 is 5.32 Å². The lowest BCUT2D eigenvalue weighted by Gasteiger charge is -2.22. The van der Waals surface area contributed by atoms with Crippen molar-refractivity contribution >= 4 is 0 Å². The van der Waals surface area contributed by atoms with Gasteiger partial charge in [-0.15, -0.1) is 0 Å². The molecule has 0 bridgehead atoms. The number of hydrogen-bond donors (Lipinski definition) is 1. The van der Waals surface area contributed by atoms with Crippen LogP contribution in [0.3, 0.4) is 0 Å². The van der Waals surface area contributed by atoms with Crippen LogP contribution in [0.4, 0.5) is 0 Å². The minimum Gasteiger partial charge on any atom is -0.377 e. The number of nitrogens with zero attached hydrogens (tertiary/aromatic N) is 1. The molecule has 1 aromatic rings. The first kappa shape index (κ1) is 15.5. The molecule has 112 valence electrons. The average Bonchev–Trinajstić information content (AvgIpc) is 2.90. The normalized spacial score (nSPS) is 19.1. The van der Waals surface area contributed by atoms with Crippen molar-refractivity contribution in [3.05, 3.63) is 35.4 Å². The lowest BCUT2D eigenvalue weighted by Crippen LogP contribution is -2.29. The van der Waals surface area contributed by atoms with Crippen LogP contribution in [0.15, 0.2) is 24.3 Å². The maximum absolute atomic E-state index is 5.72. The van der Waals surface area contributed by atoms with Gasteiger partial charge in [0.05, 0.1) is 6.10 Å². The third-order valence-corrected chi connectivity index (χ3v) is 3.80. The predicted molar refractivity (Wildman–Crippen MR) is 83.7 cm³/mol. The number of ether oxygens (including phenoxy) is 1. The van der Waals surface area contributed by atoms with Gasteiger partial charge in [-0.1, -0.05) is 38.1 Å². The van der Waals surface area contributed by atoms with Crippen molar-refractivity contribution in [1.82, 2.24) is 10.2 Å². The van der Waals surface area contributed by atoms with E-state index >= 15 is 0 Å². The fourth-order valence-corrected chi connectivity index (χ4v) is 2.69. The summed E-state index contributed by atoms with van der Waals surface area (Å²) in [6.07, 6.45) is 2.86. The first-order valence-corrected chi connectivity index (χ1v) is 7.75. The van der Waals surface area contributed by atoms with Crippen LogP contribution in [0.5, 0.6) is 0 Å². The molecule has 0 amide bonds. The number of likely N-dealkylation sites (N-methyl/N-ethyl adjacent to an activating group) is 1. The number of benzene rings is 1. The van der Waals surface area contributed by atoms with E-state index < -0.39 is 0 Å². The summed E-state index contributed by atoms with van der Waals surface area (Å²) >= 11 is 0. The Labute approximate surface area is 123 Å². The van der Waals surface area contributed by atoms with Crippen LogP contribution in [0.25, 0.3) is 0 Å². The highest BCUT2D eigenvalue weighted by atomic mass is 16.5. The van der Waals surface area contributed by atoms with Gasteiger partial charge in [-0.05, 0) is 31.0 Å². The van der Waals surface area contributed by atoms with E-state index in [1.807, 2.05) is 0 Å². The van der Waals surface area contributed by atoms with Crippen LogP contribution in [-0.4, -0.2) is 37.2 Å². The largest absolute Gasteiger partial charge is 0.377 e. The quantitative estimate of drug-likeness (QED) is 0.829. The Bertz CT molecular complexity index is 400. The molecule has 20 heavy (non-hydrogen) atoms. The van der Waals surface area contributed by atoms with Crippen molar-refractivity contribution in [2.24, 2.45) is 0 Å². The van der Waals surface area contributed by atoms with E-state index in [4.69, 9.17) is 4.74 Å². The molecule has 1 unspecified atom stereocenters. The SMILES string of the molecule is CC(C)NCc1ccccc1CN(C)CC1CCCO1. The van der Waals surface area contributed by atoms with Crippen molar-refractivity contribution < 1.29 is 4.74 Å². The van der Waals surface area contributed by atoms with E-state index in [-0.39, 0.29) is 0 Å². The fraction of sp³-hybridized carbons (Fsp3) is 0.647. The van der Waals surface area contributed by atoms with Gasteiger partial charge in [0.25, 0.3) is 0 Å². The molecule has 1 atom stereocenters. The van der Waals surface area contributed by atoms with Gasteiger partial charge in [0.15, 0.2) is 0 Å². The second kappa shape index (κ2) is 7.77. The summed E-state index contributed by atoms with van der Waals surface area (Å²) in [5.74, 6) is 0. The fourth-order valence-electron chi connectivity index (χ4n) is 2.69. The summed E-state index contributed by atoms with van der Waals surface area (Å²) in [5.41, 5.74) is 2.82. The van der Waals surface area contributed by atoms with Gasteiger partial charge in [-0.3, -0.25) is 4.90 Å². The van der Waals surface area contributed by atoms with Crippen LogP contribution in [0.2, 0.25) is 0 Å². The molecule has 1 aliphatic rings. The first-order valence-electron chi connectivity index (χ1n) is 7.75. The maximum atomic E-state index is 5.72. The van der Waals surface area contributed by atoms with Gasteiger partial charge in [0.2, 0.25) is 0 Å². The second-order valence-electron chi connectivity index (χ2n) is 6.14. The van der Waals surface area contributed by atoms with Crippen LogP contribution >= 0.6 is 0 Å². The van der Waals surface area contributed by atoms with Crippen LogP contribution in [-0.2, 0) is 17.8 Å². The van der Waals surface area contributed by atoms with E-state index in [2.05, 4.69) is 55.4 Å². The van der Waals surface area contributed by atoms with Gasteiger partial charge in [0, 0.05) is 32.3 Å². The summed E-state index contributed by atoms with van der Waals surface area (Å²) in [6.45, 7) is 8.29. The molecule has 2 rings (SSSR count). The molecule has 1 aromatic carbocycles. The zero-order valence-corrected chi connectivity index (χ0v) is 13.1. The Balaban J connectivity index is 1.90. The van der Waals surface area contributed by atoms with Gasteiger partial charge in [0.1, 0.15) is 0 Å². The lowest BCUT2D eigenvalue weighted by atomic mass is 10.1. The number of rotatable bonds is 7. The van der Waals surface area contributed by atoms with E-state index in [0.717, 1.165) is 26.2 Å². The highest BCUT2D eigenvalue weighted by Gasteiger charge is 2.17. The van der Waals surface area contributed by atoms with Crippen LogP contribution in [0, 0.1) is 0 Å². The van der Waals surface area contributed by atoms with Crippen LogP contribution in [0.1, 0.15) is 37.8 Å². The van der Waals surface area contributed by atoms with Gasteiger partial charge >= 0.3 is 0 Å². The molecule has 1 saturated heterocycles. The third-order valence-electron chi connectivity index (χ3n) is 3.80. The highest BCUT2D eigenvalue weighted by Crippen LogP contribution is 2.16. The molecule has 0 aliphatic carbocycles. The summed E-state index contributed by atoms with van der Waals surface area (Å²) in [7, 11) is 2.19. The standard InChI is InChI=1S/C17H28N2O/c1-14(2)18-11-15-7-4-5-8-16(15)12-19(3)13-17-9-6-10-20-17/h4-5,7-8,14,17-18H,6,9-13H2,1-3H3. The summed E-state index contributed by atoms with van der Waals surface area (Å²) in [5, 5.41) is 3.51. The Morgan fingerprint density at radius 1 is 1.30 bits per heavy atom. The van der Waals surface area contributed by atoms with Crippen molar-refractivity contribution in [3.8, 4) is 0 Å². The predicted octanol–water partition coefficient (Wildman–Crippen LogP) is 2.80. The molecule has 1 aliphatic heterocycles. The number of hydrogen-bond acceptors (Lipinski definition) is 3. The van der Waals surface area contributed by atoms with E-state index in [0.29, 0.717) is 12.1 Å². The van der Waals surface area contributed by atoms with Crippen molar-refractivity contribution in [2.45, 2.75) is 51.9 Å². The average molecular weight is 276 g/mol. The second-order valence-corrected chi connectivity index (χ2v) is 6.14. The lowest BCUT2D eigenvalue weighted by molar-refractivity contribution is 0.0792. The molecule has 0 radical (unpaired) electrons. The monoisotopic (exact) mass is 276 g/mol. The molecule has 0 aromatic heterocycles. The minimum absolute atomic E-state index is 0.431. The molecule has 1 heterocycles. The Morgan fingerprint density at radius 2 is 2.05 bits per heavy atom. The molecule has 3 heteroatoms. The molecular formula is C17H28N2O. The Hall–Kier alpha value is -0.900. The smallest absolute Gasteiger partial charge is 0.0702 e. The van der Waals surface area contributed by atoms with E-state index in [9.17, 15) is 0 Å². The topological polar surface area (TPSA) is 24.5 Å². The zero-order chi connectivity index (χ0) is 14.4. The third kappa shape index (κ3) is 4.89. The molecule has 0 saturated carbocycles. The van der Waals surface area contributed by atoms with Crippen molar-refractivity contribution in [3.63, 3.8) is 0 Å². The van der Waals surface area contributed by atoms with Gasteiger partial charge < -0.3 is 10.1 Å². The van der Waals surface area contributed by atoms with Gasteiger partial charge in [-0.2, -0.15) is 0 Å². The minimum atomic E-state index is 0.431. The van der Waals surface area contributed by atoms with Crippen molar-refractivity contribution in [2.75, 3.05) is 20.2 Å². The molecule has 1 fully saturated rings. The highest BCUT2D eigenvalue weighted by molar-refractivity contribution is 5.27. The number of nitrogens with one attached hydrogen (secondary N) is 1. The van der Waals surface area contributed by atoms with Gasteiger partial charge in [-0.25, -0.2) is 0 Å². The summed E-state index contributed by atoms with van der Waals surface area (Å²) in [6, 6.07) is 9.25. The first-order chi connectivity index (χ1) is 9.65. The Kier molecular flexibility index (Phi) is 6.02. The molecular weight excluding hydrogens is 248 g/mol. The van der Waals surface area contributed by atoms with E-state index in [1.165, 1.54) is 24.0 Å². The molecule has 0 spiro atoms. The van der Waals surface area contributed by atoms with E-state index in [1.54, 1.807) is 0 Å². The molecule has 3 nitrogen and oxygen atoms in total. The Morgan fingerprint density at radius 3 is 2.70 bits per heavy atom. The summed E-state index contributed by atoms with van der Waals surface area (Å²) < 4.78 is 5.72. The zero-order valence-electron chi connectivity index (χ0n) is 13.1. The molecule has 1 N–H and O–H groups in total. The summed E-state index contributed by atoms with van der Waals surface area (Å²) in [4.78, 5) is 2.38. The maximum Gasteiger partial charge on any atom is 0.0702 e.